The van der Waals surface area contributed by atoms with Crippen molar-refractivity contribution in [3.8, 4) is 0 Å². The Kier molecular flexibility index (Phi) is 12.1. The van der Waals surface area contributed by atoms with Gasteiger partial charge in [0.2, 0.25) is 0 Å². The van der Waals surface area contributed by atoms with Gasteiger partial charge in [-0.3, -0.25) is 9.89 Å². The SMILES string of the molecule is CN=C(NCCCC(C)(C)C)NCCC1CCN(CC(F)(F)F)CC1.I. The van der Waals surface area contributed by atoms with E-state index >= 15 is 0 Å². The number of halogens is 4. The van der Waals surface area contributed by atoms with Crippen molar-refractivity contribution < 1.29 is 13.2 Å². The molecule has 1 rings (SSSR count). The fourth-order valence-corrected chi connectivity index (χ4v) is 3.13. The van der Waals surface area contributed by atoms with Crippen LogP contribution in [0.5, 0.6) is 0 Å². The van der Waals surface area contributed by atoms with E-state index in [1.165, 1.54) is 4.90 Å². The summed E-state index contributed by atoms with van der Waals surface area (Å²) >= 11 is 0. The number of hydrogen-bond donors (Lipinski definition) is 2. The van der Waals surface area contributed by atoms with Crippen LogP contribution in [-0.4, -0.2) is 56.8 Å². The Morgan fingerprint density at radius 3 is 2.15 bits per heavy atom. The third-order valence-electron chi connectivity index (χ3n) is 4.57. The number of likely N-dealkylation sites (tertiary alicyclic amines) is 1. The van der Waals surface area contributed by atoms with Gasteiger partial charge < -0.3 is 10.6 Å². The average Bonchev–Trinajstić information content (AvgIpc) is 2.49. The van der Waals surface area contributed by atoms with E-state index in [1.54, 1.807) is 7.05 Å². The Balaban J connectivity index is 0.00000625. The van der Waals surface area contributed by atoms with E-state index in [2.05, 4.69) is 36.4 Å². The van der Waals surface area contributed by atoms with Gasteiger partial charge in [-0.15, -0.1) is 24.0 Å². The Morgan fingerprint density at radius 2 is 1.65 bits per heavy atom. The number of nitrogens with zero attached hydrogens (tertiary/aromatic N) is 2. The summed E-state index contributed by atoms with van der Waals surface area (Å²) in [6.07, 6.45) is 0.836. The van der Waals surface area contributed by atoms with Crippen LogP contribution in [0.1, 0.15) is 52.9 Å². The summed E-state index contributed by atoms with van der Waals surface area (Å²) in [6.45, 7) is 8.73. The lowest BCUT2D eigenvalue weighted by Crippen LogP contribution is -2.41. The van der Waals surface area contributed by atoms with Crippen LogP contribution in [0, 0.1) is 11.3 Å². The molecule has 1 heterocycles. The van der Waals surface area contributed by atoms with E-state index < -0.39 is 12.7 Å². The molecule has 4 nitrogen and oxygen atoms in total. The predicted molar refractivity (Wildman–Crippen MR) is 113 cm³/mol. The third-order valence-corrected chi connectivity index (χ3v) is 4.57. The minimum absolute atomic E-state index is 0. The Labute approximate surface area is 173 Å². The highest BCUT2D eigenvalue weighted by Crippen LogP contribution is 2.24. The normalized spacial score (nSPS) is 17.7. The van der Waals surface area contributed by atoms with Crippen LogP contribution < -0.4 is 10.6 Å². The Morgan fingerprint density at radius 1 is 1.08 bits per heavy atom. The van der Waals surface area contributed by atoms with Crippen molar-refractivity contribution in [2.75, 3.05) is 39.8 Å². The number of alkyl halides is 3. The van der Waals surface area contributed by atoms with Crippen LogP contribution in [0.3, 0.4) is 0 Å². The number of aliphatic imine (C=N–C) groups is 1. The number of hydrogen-bond acceptors (Lipinski definition) is 2. The average molecular weight is 492 g/mol. The van der Waals surface area contributed by atoms with Gasteiger partial charge in [-0.2, -0.15) is 13.2 Å². The topological polar surface area (TPSA) is 39.7 Å². The zero-order chi connectivity index (χ0) is 18.9. The van der Waals surface area contributed by atoms with Crippen molar-refractivity contribution in [1.29, 1.82) is 0 Å². The second-order valence-electron chi connectivity index (χ2n) is 8.21. The molecule has 0 aromatic carbocycles. The number of piperidine rings is 1. The van der Waals surface area contributed by atoms with E-state index in [-0.39, 0.29) is 24.0 Å². The molecule has 1 fully saturated rings. The van der Waals surface area contributed by atoms with Gasteiger partial charge in [0.1, 0.15) is 0 Å². The van der Waals surface area contributed by atoms with Crippen molar-refractivity contribution in [3.05, 3.63) is 0 Å². The molecule has 1 saturated heterocycles. The number of guanidine groups is 1. The van der Waals surface area contributed by atoms with Crippen LogP contribution in [-0.2, 0) is 0 Å². The molecule has 0 aromatic rings. The first-order valence-corrected chi connectivity index (χ1v) is 9.33. The summed E-state index contributed by atoms with van der Waals surface area (Å²) in [7, 11) is 1.76. The molecule has 0 unspecified atom stereocenters. The van der Waals surface area contributed by atoms with Gasteiger partial charge in [-0.25, -0.2) is 0 Å². The summed E-state index contributed by atoms with van der Waals surface area (Å²) < 4.78 is 37.2. The lowest BCUT2D eigenvalue weighted by molar-refractivity contribution is -0.148. The number of nitrogens with one attached hydrogen (secondary N) is 2. The first-order valence-electron chi connectivity index (χ1n) is 9.33. The first-order chi connectivity index (χ1) is 11.6. The second-order valence-corrected chi connectivity index (χ2v) is 8.21. The molecule has 1 aliphatic heterocycles. The standard InChI is InChI=1S/C18H35F3N4.HI/c1-17(2,3)9-5-10-23-16(22-4)24-11-6-15-7-12-25(13-8-15)14-18(19,20)21;/h15H,5-14H2,1-4H3,(H2,22,23,24);1H. The first kappa shape index (κ1) is 25.8. The molecule has 0 amide bonds. The monoisotopic (exact) mass is 492 g/mol. The summed E-state index contributed by atoms with van der Waals surface area (Å²) in [5.74, 6) is 1.30. The van der Waals surface area contributed by atoms with Crippen LogP contribution in [0.4, 0.5) is 13.2 Å². The maximum Gasteiger partial charge on any atom is 0.401 e. The molecule has 2 N–H and O–H groups in total. The second kappa shape index (κ2) is 12.3. The maximum atomic E-state index is 12.4. The lowest BCUT2D eigenvalue weighted by atomic mass is 9.91. The molecule has 8 heteroatoms. The van der Waals surface area contributed by atoms with Crippen molar-refractivity contribution >= 4 is 29.9 Å². The van der Waals surface area contributed by atoms with Crippen molar-refractivity contribution in [1.82, 2.24) is 15.5 Å². The van der Waals surface area contributed by atoms with Gasteiger partial charge in [0.05, 0.1) is 6.54 Å². The van der Waals surface area contributed by atoms with Crippen LogP contribution in [0.2, 0.25) is 0 Å². The van der Waals surface area contributed by atoms with E-state index in [4.69, 9.17) is 0 Å². The molecule has 0 spiro atoms. The van der Waals surface area contributed by atoms with Gasteiger partial charge in [0.15, 0.2) is 5.96 Å². The van der Waals surface area contributed by atoms with Crippen LogP contribution in [0.25, 0.3) is 0 Å². The Bertz CT molecular complexity index is 400. The molecule has 0 aliphatic carbocycles. The molecular formula is C18H36F3IN4. The van der Waals surface area contributed by atoms with Crippen molar-refractivity contribution in [3.63, 3.8) is 0 Å². The van der Waals surface area contributed by atoms with Gasteiger partial charge in [-0.05, 0) is 56.5 Å². The molecular weight excluding hydrogens is 456 g/mol. The minimum atomic E-state index is -4.08. The predicted octanol–water partition coefficient (Wildman–Crippen LogP) is 4.26. The van der Waals surface area contributed by atoms with Gasteiger partial charge >= 0.3 is 6.18 Å². The fraction of sp³-hybridized carbons (Fsp3) is 0.944. The minimum Gasteiger partial charge on any atom is -0.356 e. The molecule has 1 aliphatic rings. The molecule has 0 atom stereocenters. The molecule has 0 aromatic heterocycles. The van der Waals surface area contributed by atoms with Crippen LogP contribution in [0.15, 0.2) is 4.99 Å². The highest BCUT2D eigenvalue weighted by molar-refractivity contribution is 14.0. The largest absolute Gasteiger partial charge is 0.401 e. The lowest BCUT2D eigenvalue weighted by Gasteiger charge is -2.32. The van der Waals surface area contributed by atoms with Crippen molar-refractivity contribution in [2.24, 2.45) is 16.3 Å². The molecule has 0 bridgehead atoms. The van der Waals surface area contributed by atoms with E-state index in [1.807, 2.05) is 0 Å². The van der Waals surface area contributed by atoms with Gasteiger partial charge in [0.25, 0.3) is 0 Å². The molecule has 26 heavy (non-hydrogen) atoms. The summed E-state index contributed by atoms with van der Waals surface area (Å²) in [6, 6.07) is 0. The Hall–Kier alpha value is -0.250. The van der Waals surface area contributed by atoms with Gasteiger partial charge in [0, 0.05) is 20.1 Å². The summed E-state index contributed by atoms with van der Waals surface area (Å²) in [4.78, 5) is 5.73. The highest BCUT2D eigenvalue weighted by atomic mass is 127. The van der Waals surface area contributed by atoms with E-state index in [0.29, 0.717) is 24.4 Å². The zero-order valence-electron chi connectivity index (χ0n) is 16.6. The van der Waals surface area contributed by atoms with Gasteiger partial charge in [-0.1, -0.05) is 20.8 Å². The summed E-state index contributed by atoms with van der Waals surface area (Å²) in [5, 5.41) is 6.63. The summed E-state index contributed by atoms with van der Waals surface area (Å²) in [5.41, 5.74) is 0.347. The maximum absolute atomic E-state index is 12.4. The number of rotatable bonds is 7. The smallest absolute Gasteiger partial charge is 0.356 e. The third kappa shape index (κ3) is 13.0. The quantitative estimate of drug-likeness (QED) is 0.242. The molecule has 0 saturated carbocycles. The molecule has 0 radical (unpaired) electrons. The van der Waals surface area contributed by atoms with Crippen LogP contribution >= 0.6 is 24.0 Å². The zero-order valence-corrected chi connectivity index (χ0v) is 18.9. The fourth-order valence-electron chi connectivity index (χ4n) is 3.13. The van der Waals surface area contributed by atoms with E-state index in [9.17, 15) is 13.2 Å². The van der Waals surface area contributed by atoms with E-state index in [0.717, 1.165) is 51.2 Å². The highest BCUT2D eigenvalue weighted by Gasteiger charge is 2.32. The molecule has 156 valence electrons. The van der Waals surface area contributed by atoms with Crippen molar-refractivity contribution in [2.45, 2.75) is 59.1 Å².